The van der Waals surface area contributed by atoms with Gasteiger partial charge in [-0.2, -0.15) is 0 Å². The molecule has 11 rings (SSSR count). The van der Waals surface area contributed by atoms with E-state index in [4.69, 9.17) is 4.98 Å². The van der Waals surface area contributed by atoms with E-state index in [1.165, 1.54) is 58.5 Å². The first-order valence-electron chi connectivity index (χ1n) is 17.9. The van der Waals surface area contributed by atoms with Gasteiger partial charge in [0, 0.05) is 30.8 Å². The summed E-state index contributed by atoms with van der Waals surface area (Å²) in [6.07, 6.45) is 0. The topological polar surface area (TPSA) is 38.1 Å². The normalized spacial score (nSPS) is 13.3. The van der Waals surface area contributed by atoms with Crippen LogP contribution >= 0.6 is 22.7 Å². The largest absolute Gasteiger partial charge is 0.507 e. The third kappa shape index (κ3) is 4.29. The zero-order chi connectivity index (χ0) is 35.4. The van der Waals surface area contributed by atoms with Crippen molar-refractivity contribution >= 4 is 33.4 Å². The summed E-state index contributed by atoms with van der Waals surface area (Å²) in [5.41, 5.74) is 12.8. The Kier molecular flexibility index (Phi) is 6.49. The lowest BCUT2D eigenvalue weighted by Gasteiger charge is -2.29. The summed E-state index contributed by atoms with van der Waals surface area (Å²) < 4.78 is 2.28. The SMILES string of the molecule is Cc1ccc(-c2ccc3c(c2)C2(c4cc(-c5ccc(C)s5)ccc4-3)c3ccccc3-c3c2nc(-c2cc4ccccc4cc2O)n3-c2ccccc2)s1. The van der Waals surface area contributed by atoms with Crippen molar-refractivity contribution in [2.45, 2.75) is 19.3 Å². The van der Waals surface area contributed by atoms with Crippen molar-refractivity contribution in [3.63, 3.8) is 0 Å². The van der Waals surface area contributed by atoms with E-state index in [-0.39, 0.29) is 5.75 Å². The molecule has 3 aromatic heterocycles. The first-order valence-corrected chi connectivity index (χ1v) is 19.6. The first kappa shape index (κ1) is 30.6. The summed E-state index contributed by atoms with van der Waals surface area (Å²) in [6.45, 7) is 4.35. The van der Waals surface area contributed by atoms with Crippen LogP contribution in [0.2, 0.25) is 0 Å². The number of phenols is 1. The molecule has 2 aliphatic carbocycles. The molecule has 53 heavy (non-hydrogen) atoms. The predicted octanol–water partition coefficient (Wildman–Crippen LogP) is 12.8. The Morgan fingerprint density at radius 2 is 1.11 bits per heavy atom. The van der Waals surface area contributed by atoms with Crippen LogP contribution in [-0.2, 0) is 5.41 Å². The zero-order valence-corrected chi connectivity index (χ0v) is 30.7. The molecule has 0 saturated carbocycles. The molecular formula is C48H32N2OS2. The Balaban J connectivity index is 1.29. The van der Waals surface area contributed by atoms with Crippen LogP contribution in [0.4, 0.5) is 0 Å². The number of hydrogen-bond donors (Lipinski definition) is 1. The van der Waals surface area contributed by atoms with Crippen molar-refractivity contribution in [3.8, 4) is 66.1 Å². The fourth-order valence-corrected chi connectivity index (χ4v) is 10.6. The maximum absolute atomic E-state index is 11.8. The standard InChI is InChI=1S/C48H32N2OS2/c1-28-16-22-43(52-28)32-18-20-35-36-21-19-33(44-23-17-29(2)53-44)26-41(36)48(40(35)25-32)39-15-9-8-14-37(39)45-46(48)49-47(50(45)34-12-4-3-5-13-34)38-24-30-10-6-7-11-31(30)27-42(38)51/h3-27,51H,1-2H3. The van der Waals surface area contributed by atoms with Crippen molar-refractivity contribution in [1.82, 2.24) is 9.55 Å². The van der Waals surface area contributed by atoms with Crippen LogP contribution in [0.25, 0.3) is 71.1 Å². The summed E-state index contributed by atoms with van der Waals surface area (Å²) in [5.74, 6) is 0.938. The molecule has 1 N–H and O–H groups in total. The van der Waals surface area contributed by atoms with Crippen molar-refractivity contribution in [2.24, 2.45) is 0 Å². The lowest BCUT2D eigenvalue weighted by Crippen LogP contribution is -2.26. The molecular weight excluding hydrogens is 685 g/mol. The molecule has 0 amide bonds. The molecule has 0 atom stereocenters. The zero-order valence-electron chi connectivity index (χ0n) is 29.1. The number of phenolic OH excluding ortho intramolecular Hbond substituents is 1. The highest BCUT2D eigenvalue weighted by Crippen LogP contribution is 2.64. The van der Waals surface area contributed by atoms with Gasteiger partial charge in [0.25, 0.3) is 0 Å². The first-order chi connectivity index (χ1) is 26.0. The molecule has 0 unspecified atom stereocenters. The van der Waals surface area contributed by atoms with Gasteiger partial charge in [0.1, 0.15) is 11.6 Å². The molecule has 6 aromatic carbocycles. The molecule has 0 radical (unpaired) electrons. The van der Waals surface area contributed by atoms with E-state index in [2.05, 4.69) is 140 Å². The third-order valence-electron chi connectivity index (χ3n) is 11.1. The van der Waals surface area contributed by atoms with Crippen LogP contribution in [-0.4, -0.2) is 14.7 Å². The second-order valence-electron chi connectivity index (χ2n) is 14.2. The van der Waals surface area contributed by atoms with Gasteiger partial charge in [0.05, 0.1) is 22.4 Å². The number of aromatic nitrogens is 2. The van der Waals surface area contributed by atoms with Gasteiger partial charge in [-0.15, -0.1) is 22.7 Å². The minimum Gasteiger partial charge on any atom is -0.507 e. The average molecular weight is 717 g/mol. The minimum atomic E-state index is -0.692. The highest BCUT2D eigenvalue weighted by atomic mass is 32.1. The van der Waals surface area contributed by atoms with Crippen LogP contribution in [0, 0.1) is 13.8 Å². The molecule has 0 bridgehead atoms. The molecule has 2 aliphatic rings. The van der Waals surface area contributed by atoms with E-state index < -0.39 is 5.41 Å². The van der Waals surface area contributed by atoms with Crippen LogP contribution in [0.3, 0.4) is 0 Å². The molecule has 0 aliphatic heterocycles. The van der Waals surface area contributed by atoms with Crippen molar-refractivity contribution in [3.05, 3.63) is 184 Å². The molecule has 1 spiro atoms. The number of hydrogen-bond acceptors (Lipinski definition) is 4. The van der Waals surface area contributed by atoms with Gasteiger partial charge in [-0.3, -0.25) is 4.57 Å². The van der Waals surface area contributed by atoms with Gasteiger partial charge < -0.3 is 5.11 Å². The maximum Gasteiger partial charge on any atom is 0.149 e. The number of benzene rings is 6. The number of rotatable bonds is 4. The van der Waals surface area contributed by atoms with E-state index in [9.17, 15) is 5.11 Å². The Morgan fingerprint density at radius 1 is 0.528 bits per heavy atom. The van der Waals surface area contributed by atoms with Crippen molar-refractivity contribution in [1.29, 1.82) is 0 Å². The number of aryl methyl sites for hydroxylation is 2. The fourth-order valence-electron chi connectivity index (χ4n) is 8.85. The average Bonchev–Trinajstić information content (AvgIpc) is 4.01. The quantitative estimate of drug-likeness (QED) is 0.197. The van der Waals surface area contributed by atoms with E-state index >= 15 is 0 Å². The number of fused-ring (bicyclic) bond motifs is 11. The monoisotopic (exact) mass is 716 g/mol. The maximum atomic E-state index is 11.8. The van der Waals surface area contributed by atoms with Gasteiger partial charge >= 0.3 is 0 Å². The van der Waals surface area contributed by atoms with Gasteiger partial charge in [-0.05, 0) is 124 Å². The summed E-state index contributed by atoms with van der Waals surface area (Å²) in [7, 11) is 0. The van der Waals surface area contributed by atoms with E-state index in [0.717, 1.165) is 39.2 Å². The Bertz CT molecular complexity index is 2850. The second kappa shape index (κ2) is 11.2. The van der Waals surface area contributed by atoms with Gasteiger partial charge in [0.2, 0.25) is 0 Å². The summed E-state index contributed by atoms with van der Waals surface area (Å²) in [5, 5.41) is 13.8. The summed E-state index contributed by atoms with van der Waals surface area (Å²) >= 11 is 3.66. The molecule has 9 aromatic rings. The lowest BCUT2D eigenvalue weighted by molar-refractivity contribution is 0.477. The Labute approximate surface area is 315 Å². The van der Waals surface area contributed by atoms with Crippen LogP contribution in [0.1, 0.15) is 32.1 Å². The van der Waals surface area contributed by atoms with Crippen molar-refractivity contribution in [2.75, 3.05) is 0 Å². The van der Waals surface area contributed by atoms with E-state index in [0.29, 0.717) is 5.56 Å². The van der Waals surface area contributed by atoms with Crippen molar-refractivity contribution < 1.29 is 5.11 Å². The van der Waals surface area contributed by atoms with Gasteiger partial charge in [-0.1, -0.05) is 91.0 Å². The summed E-state index contributed by atoms with van der Waals surface area (Å²) in [4.78, 5) is 10.9. The highest BCUT2D eigenvalue weighted by Gasteiger charge is 2.55. The molecule has 252 valence electrons. The highest BCUT2D eigenvalue weighted by molar-refractivity contribution is 7.15. The van der Waals surface area contributed by atoms with E-state index in [1.54, 1.807) is 0 Å². The smallest absolute Gasteiger partial charge is 0.149 e. The van der Waals surface area contributed by atoms with Crippen LogP contribution in [0.5, 0.6) is 5.75 Å². The number of thiophene rings is 2. The Morgan fingerprint density at radius 3 is 1.74 bits per heavy atom. The lowest BCUT2D eigenvalue weighted by atomic mass is 9.72. The van der Waals surface area contributed by atoms with Gasteiger partial charge in [0.15, 0.2) is 0 Å². The molecule has 3 nitrogen and oxygen atoms in total. The molecule has 0 saturated heterocycles. The number of para-hydroxylation sites is 1. The number of aromatic hydroxyl groups is 1. The predicted molar refractivity (Wildman–Crippen MR) is 221 cm³/mol. The van der Waals surface area contributed by atoms with Crippen LogP contribution in [0.15, 0.2) is 152 Å². The molecule has 3 heterocycles. The number of imidazole rings is 1. The molecule has 5 heteroatoms. The fraction of sp³-hybridized carbons (Fsp3) is 0.0625. The number of nitrogens with zero attached hydrogens (tertiary/aromatic N) is 2. The van der Waals surface area contributed by atoms with Crippen LogP contribution < -0.4 is 0 Å². The second-order valence-corrected chi connectivity index (χ2v) is 16.7. The molecule has 0 fully saturated rings. The summed E-state index contributed by atoms with van der Waals surface area (Å²) in [6, 6.07) is 54.5. The third-order valence-corrected chi connectivity index (χ3v) is 13.2. The van der Waals surface area contributed by atoms with Gasteiger partial charge in [-0.25, -0.2) is 4.98 Å². The Hall–Kier alpha value is -6.01. The minimum absolute atomic E-state index is 0.213. The van der Waals surface area contributed by atoms with E-state index in [1.807, 2.05) is 53.0 Å².